The smallest absolute Gasteiger partial charge is 0.301 e. The summed E-state index contributed by atoms with van der Waals surface area (Å²) in [6.45, 7) is 5.76. The van der Waals surface area contributed by atoms with Crippen molar-refractivity contribution in [2.24, 2.45) is 0 Å². The van der Waals surface area contributed by atoms with Gasteiger partial charge in [0, 0.05) is 21.5 Å². The fraction of sp³-hybridized carbons (Fsp3) is 0.208. The number of rotatable bonds is 3. The van der Waals surface area contributed by atoms with E-state index in [2.05, 4.69) is 21.1 Å². The number of hydrogen-bond acceptors (Lipinski definition) is 5. The standard InChI is InChI=1S/C24H20BrFN2O4/c1-24(2,3)17-12-18(27-32-17)28-20(14-5-4-6-16(26)11-14)19(22(30)23(28)31)21(29)13-7-9-15(25)10-8-13/h4-12,20,29H,1-3H3. The largest absolute Gasteiger partial charge is 0.507 e. The summed E-state index contributed by atoms with van der Waals surface area (Å²) in [6.07, 6.45) is 0. The Morgan fingerprint density at radius 2 is 1.81 bits per heavy atom. The van der Waals surface area contributed by atoms with Gasteiger partial charge in [0.05, 0.1) is 11.6 Å². The zero-order chi connectivity index (χ0) is 23.2. The Morgan fingerprint density at radius 3 is 2.41 bits per heavy atom. The number of aliphatic hydroxyl groups excluding tert-OH is 1. The van der Waals surface area contributed by atoms with Gasteiger partial charge in [-0.15, -0.1) is 0 Å². The Balaban J connectivity index is 1.93. The van der Waals surface area contributed by atoms with Crippen LogP contribution in [0.3, 0.4) is 0 Å². The lowest BCUT2D eigenvalue weighted by molar-refractivity contribution is -0.132. The third kappa shape index (κ3) is 3.86. The molecule has 8 heteroatoms. The fourth-order valence-electron chi connectivity index (χ4n) is 3.56. The van der Waals surface area contributed by atoms with Gasteiger partial charge in [-0.25, -0.2) is 4.39 Å². The van der Waals surface area contributed by atoms with E-state index < -0.39 is 23.5 Å². The summed E-state index contributed by atoms with van der Waals surface area (Å²) in [7, 11) is 0. The Hall–Kier alpha value is -3.26. The lowest BCUT2D eigenvalue weighted by Crippen LogP contribution is -2.29. The van der Waals surface area contributed by atoms with Crippen molar-refractivity contribution >= 4 is 39.2 Å². The zero-order valence-corrected chi connectivity index (χ0v) is 19.2. The van der Waals surface area contributed by atoms with Crippen LogP contribution in [0.1, 0.15) is 43.7 Å². The number of benzene rings is 2. The average Bonchev–Trinajstić information content (AvgIpc) is 3.32. The molecule has 0 aliphatic carbocycles. The van der Waals surface area contributed by atoms with E-state index in [9.17, 15) is 19.1 Å². The topological polar surface area (TPSA) is 83.6 Å². The Bertz CT molecular complexity index is 1240. The average molecular weight is 499 g/mol. The van der Waals surface area contributed by atoms with Crippen LogP contribution in [-0.2, 0) is 15.0 Å². The Kier molecular flexibility index (Phi) is 5.50. The third-order valence-electron chi connectivity index (χ3n) is 5.21. The molecule has 3 aromatic rings. The van der Waals surface area contributed by atoms with Crippen LogP contribution in [0.5, 0.6) is 0 Å². The number of aromatic nitrogens is 1. The number of carbonyl (C=O) groups excluding carboxylic acids is 2. The maximum atomic E-state index is 14.1. The van der Waals surface area contributed by atoms with Crippen LogP contribution in [0.25, 0.3) is 5.76 Å². The normalized spacial score (nSPS) is 18.4. The molecular weight excluding hydrogens is 479 g/mol. The highest BCUT2D eigenvalue weighted by molar-refractivity contribution is 9.10. The van der Waals surface area contributed by atoms with Gasteiger partial charge in [0.2, 0.25) is 0 Å². The number of ketones is 1. The molecule has 6 nitrogen and oxygen atoms in total. The van der Waals surface area contributed by atoms with E-state index in [-0.39, 0.29) is 22.6 Å². The lowest BCUT2D eigenvalue weighted by Gasteiger charge is -2.23. The summed E-state index contributed by atoms with van der Waals surface area (Å²) in [6, 6.07) is 12.7. The highest BCUT2D eigenvalue weighted by Gasteiger charge is 2.48. The maximum absolute atomic E-state index is 14.1. The molecule has 2 aromatic carbocycles. The molecule has 1 aliphatic heterocycles. The molecule has 0 spiro atoms. The van der Waals surface area contributed by atoms with Crippen LogP contribution in [0.15, 0.2) is 69.2 Å². The van der Waals surface area contributed by atoms with Crippen molar-refractivity contribution < 1.29 is 23.6 Å². The van der Waals surface area contributed by atoms with Crippen molar-refractivity contribution in [3.63, 3.8) is 0 Å². The first-order valence-electron chi connectivity index (χ1n) is 9.87. The molecule has 1 saturated heterocycles. The van der Waals surface area contributed by atoms with Gasteiger partial charge in [0.25, 0.3) is 5.78 Å². The van der Waals surface area contributed by atoms with Crippen LogP contribution in [-0.4, -0.2) is 22.0 Å². The number of amides is 1. The van der Waals surface area contributed by atoms with E-state index in [0.29, 0.717) is 16.9 Å². The molecule has 0 bridgehead atoms. The third-order valence-corrected chi connectivity index (χ3v) is 5.74. The van der Waals surface area contributed by atoms with Crippen molar-refractivity contribution in [3.8, 4) is 0 Å². The van der Waals surface area contributed by atoms with E-state index >= 15 is 0 Å². The molecule has 1 unspecified atom stereocenters. The van der Waals surface area contributed by atoms with Crippen LogP contribution in [0.2, 0.25) is 0 Å². The molecule has 0 radical (unpaired) electrons. The number of anilines is 1. The number of hydrogen-bond donors (Lipinski definition) is 1. The molecule has 1 atom stereocenters. The van der Waals surface area contributed by atoms with Gasteiger partial charge in [-0.1, -0.05) is 66.1 Å². The molecule has 4 rings (SSSR count). The highest BCUT2D eigenvalue weighted by atomic mass is 79.9. The predicted octanol–water partition coefficient (Wildman–Crippen LogP) is 5.50. The monoisotopic (exact) mass is 498 g/mol. The number of carbonyl (C=O) groups is 2. The highest BCUT2D eigenvalue weighted by Crippen LogP contribution is 2.42. The molecule has 1 N–H and O–H groups in total. The molecule has 1 aliphatic rings. The minimum Gasteiger partial charge on any atom is -0.507 e. The first-order chi connectivity index (χ1) is 15.1. The zero-order valence-electron chi connectivity index (χ0n) is 17.6. The maximum Gasteiger partial charge on any atom is 0.301 e. The molecular formula is C24H20BrFN2O4. The van der Waals surface area contributed by atoms with Gasteiger partial charge >= 0.3 is 5.91 Å². The Labute approximate surface area is 192 Å². The van der Waals surface area contributed by atoms with Gasteiger partial charge in [0.1, 0.15) is 17.3 Å². The second kappa shape index (κ2) is 8.02. The summed E-state index contributed by atoms with van der Waals surface area (Å²) in [5.41, 5.74) is 0.138. The first kappa shape index (κ1) is 22.0. The Morgan fingerprint density at radius 1 is 1.12 bits per heavy atom. The van der Waals surface area contributed by atoms with E-state index in [1.165, 1.54) is 18.2 Å². The molecule has 1 amide bonds. The second-order valence-electron chi connectivity index (χ2n) is 8.53. The molecule has 164 valence electrons. The van der Waals surface area contributed by atoms with Crippen molar-refractivity contribution in [1.29, 1.82) is 0 Å². The van der Waals surface area contributed by atoms with Crippen molar-refractivity contribution in [3.05, 3.63) is 87.3 Å². The summed E-state index contributed by atoms with van der Waals surface area (Å²) in [5.74, 6) is -2.03. The lowest BCUT2D eigenvalue weighted by atomic mass is 9.93. The van der Waals surface area contributed by atoms with E-state index in [4.69, 9.17) is 4.52 Å². The molecule has 2 heterocycles. The van der Waals surface area contributed by atoms with Gasteiger partial charge in [-0.05, 0) is 29.8 Å². The van der Waals surface area contributed by atoms with Crippen LogP contribution >= 0.6 is 15.9 Å². The summed E-state index contributed by atoms with van der Waals surface area (Å²) in [5, 5.41) is 15.0. The first-order valence-corrected chi connectivity index (χ1v) is 10.7. The van der Waals surface area contributed by atoms with Gasteiger partial charge in [-0.3, -0.25) is 14.5 Å². The fourth-order valence-corrected chi connectivity index (χ4v) is 3.82. The summed E-state index contributed by atoms with van der Waals surface area (Å²) >= 11 is 3.33. The number of aliphatic hydroxyl groups is 1. The minimum absolute atomic E-state index is 0.112. The van der Waals surface area contributed by atoms with Gasteiger partial charge in [0.15, 0.2) is 5.82 Å². The summed E-state index contributed by atoms with van der Waals surface area (Å²) in [4.78, 5) is 27.3. The SMILES string of the molecule is CC(C)(C)c1cc(N2C(=O)C(=O)C(=C(O)c3ccc(Br)cc3)C2c2cccc(F)c2)no1. The van der Waals surface area contributed by atoms with Crippen LogP contribution in [0, 0.1) is 5.82 Å². The molecule has 1 fully saturated rings. The number of nitrogens with zero attached hydrogens (tertiary/aromatic N) is 2. The molecule has 1 aromatic heterocycles. The summed E-state index contributed by atoms with van der Waals surface area (Å²) < 4.78 is 20.3. The molecule has 32 heavy (non-hydrogen) atoms. The number of Topliss-reactive ketones (excluding diaryl/α,β-unsaturated/α-hetero) is 1. The van der Waals surface area contributed by atoms with E-state index in [0.717, 1.165) is 9.37 Å². The van der Waals surface area contributed by atoms with E-state index in [1.54, 1.807) is 36.4 Å². The van der Waals surface area contributed by atoms with Crippen molar-refractivity contribution in [2.45, 2.75) is 32.2 Å². The van der Waals surface area contributed by atoms with Gasteiger partial charge in [-0.2, -0.15) is 0 Å². The predicted molar refractivity (Wildman–Crippen MR) is 121 cm³/mol. The number of halogens is 2. The minimum atomic E-state index is -1.08. The quantitative estimate of drug-likeness (QED) is 0.292. The van der Waals surface area contributed by atoms with Crippen LogP contribution < -0.4 is 4.90 Å². The van der Waals surface area contributed by atoms with Crippen molar-refractivity contribution in [1.82, 2.24) is 5.16 Å². The van der Waals surface area contributed by atoms with Crippen LogP contribution in [0.4, 0.5) is 10.2 Å². The van der Waals surface area contributed by atoms with Crippen molar-refractivity contribution in [2.75, 3.05) is 4.90 Å². The van der Waals surface area contributed by atoms with E-state index in [1.807, 2.05) is 20.8 Å². The van der Waals surface area contributed by atoms with Gasteiger partial charge < -0.3 is 9.63 Å². The molecule has 0 saturated carbocycles. The second-order valence-corrected chi connectivity index (χ2v) is 9.45.